The largest absolute Gasteiger partial charge is 0.481 e. The highest BCUT2D eigenvalue weighted by Gasteiger charge is 2.27. The van der Waals surface area contributed by atoms with Gasteiger partial charge in [-0.05, 0) is 35.2 Å². The highest BCUT2D eigenvalue weighted by atomic mass is 32.2. The normalized spacial score (nSPS) is 14.1. The van der Waals surface area contributed by atoms with Crippen LogP contribution in [0.4, 0.5) is 14.9 Å². The van der Waals surface area contributed by atoms with Gasteiger partial charge in [0, 0.05) is 30.8 Å². The molecular formula is C23H24FN7O4S. The molecule has 3 heterocycles. The minimum atomic E-state index is -3.78. The number of halogens is 1. The maximum absolute atomic E-state index is 14.6. The third kappa shape index (κ3) is 4.94. The van der Waals surface area contributed by atoms with E-state index in [4.69, 9.17) is 9.47 Å². The van der Waals surface area contributed by atoms with Crippen LogP contribution >= 0.6 is 0 Å². The van der Waals surface area contributed by atoms with Crippen LogP contribution in [-0.2, 0) is 16.5 Å². The Hall–Kier alpha value is -4.18. The van der Waals surface area contributed by atoms with Crippen LogP contribution in [0.5, 0.6) is 11.8 Å². The number of aromatic nitrogens is 3. The Morgan fingerprint density at radius 2 is 2.19 bits per heavy atom. The van der Waals surface area contributed by atoms with Gasteiger partial charge in [0.05, 0.1) is 25.6 Å². The molecule has 36 heavy (non-hydrogen) atoms. The van der Waals surface area contributed by atoms with Crippen LogP contribution in [0.15, 0.2) is 45.9 Å². The first kappa shape index (κ1) is 24.9. The summed E-state index contributed by atoms with van der Waals surface area (Å²) in [6.45, 7) is 4.60. The molecule has 0 aliphatic carbocycles. The summed E-state index contributed by atoms with van der Waals surface area (Å²) >= 11 is 0. The number of carbonyl (C=O) groups excluding carboxylic acids is 1. The number of carbonyl (C=O) groups is 1. The molecule has 1 aliphatic rings. The number of ether oxygens (including phenoxy) is 2. The fourth-order valence-electron chi connectivity index (χ4n) is 3.81. The molecule has 188 valence electrons. The number of benzene rings is 1. The predicted molar refractivity (Wildman–Crippen MR) is 129 cm³/mol. The number of urea groups is 1. The minimum absolute atomic E-state index is 0.0128. The number of aryl methyl sites for hydroxylation is 1. The van der Waals surface area contributed by atoms with Gasteiger partial charge in [0.15, 0.2) is 21.0 Å². The monoisotopic (exact) mass is 513 g/mol. The van der Waals surface area contributed by atoms with E-state index in [-0.39, 0.29) is 22.4 Å². The van der Waals surface area contributed by atoms with Crippen molar-refractivity contribution in [2.75, 3.05) is 19.0 Å². The van der Waals surface area contributed by atoms with Crippen molar-refractivity contribution in [1.29, 1.82) is 5.26 Å². The van der Waals surface area contributed by atoms with E-state index in [9.17, 15) is 18.7 Å². The van der Waals surface area contributed by atoms with E-state index >= 15 is 0 Å². The maximum Gasteiger partial charge on any atom is 0.355 e. The van der Waals surface area contributed by atoms with Crippen LogP contribution in [0.3, 0.4) is 0 Å². The Balaban J connectivity index is 1.81. The van der Waals surface area contributed by atoms with Crippen LogP contribution in [0.25, 0.3) is 11.1 Å². The van der Waals surface area contributed by atoms with Crippen LogP contribution in [0.2, 0.25) is 0 Å². The van der Waals surface area contributed by atoms with Crippen molar-refractivity contribution < 1.29 is 22.9 Å². The number of hydrogen-bond acceptors (Lipinski definition) is 7. The summed E-state index contributed by atoms with van der Waals surface area (Å²) in [5.74, 6) is -0.203. The molecule has 11 nitrogen and oxygen atoms in total. The lowest BCUT2D eigenvalue weighted by atomic mass is 9.94. The second kappa shape index (κ2) is 10.2. The smallest absolute Gasteiger partial charge is 0.355 e. The Kier molecular flexibility index (Phi) is 7.07. The van der Waals surface area contributed by atoms with Crippen molar-refractivity contribution in [2.24, 2.45) is 4.36 Å². The Morgan fingerprint density at radius 1 is 1.39 bits per heavy atom. The Bertz CT molecular complexity index is 1470. The lowest BCUT2D eigenvalue weighted by molar-refractivity contribution is 0.224. The van der Waals surface area contributed by atoms with Crippen LogP contribution < -0.4 is 19.5 Å². The number of rotatable bonds is 6. The van der Waals surface area contributed by atoms with Crippen molar-refractivity contribution in [3.63, 3.8) is 0 Å². The lowest BCUT2D eigenvalue weighted by Gasteiger charge is -2.19. The highest BCUT2D eigenvalue weighted by Crippen LogP contribution is 2.37. The molecule has 0 unspecified atom stereocenters. The number of amides is 2. The zero-order valence-corrected chi connectivity index (χ0v) is 20.6. The lowest BCUT2D eigenvalue weighted by Crippen LogP contribution is -2.23. The zero-order chi connectivity index (χ0) is 25.9. The number of pyridine rings is 1. The number of nitriles is 1. The second-order valence-corrected chi connectivity index (χ2v) is 10.0. The molecule has 3 aromatic rings. The first-order valence-corrected chi connectivity index (χ1v) is 12.5. The number of nitrogens with one attached hydrogen (secondary N) is 2. The number of nitrogens with zero attached hydrogens (tertiary/aromatic N) is 5. The van der Waals surface area contributed by atoms with E-state index in [0.717, 1.165) is 0 Å². The van der Waals surface area contributed by atoms with Gasteiger partial charge in [-0.1, -0.05) is 13.8 Å². The van der Waals surface area contributed by atoms with E-state index in [1.54, 1.807) is 18.3 Å². The van der Waals surface area contributed by atoms with Crippen molar-refractivity contribution in [3.05, 3.63) is 48.0 Å². The van der Waals surface area contributed by atoms with Gasteiger partial charge in [-0.15, -0.1) is 4.36 Å². The van der Waals surface area contributed by atoms with Gasteiger partial charge >= 0.3 is 6.03 Å². The first-order chi connectivity index (χ1) is 17.3. The minimum Gasteiger partial charge on any atom is -0.481 e. The molecule has 0 spiro atoms. The number of fused-ring (bicyclic) bond motifs is 1. The van der Waals surface area contributed by atoms with E-state index in [1.165, 1.54) is 36.3 Å². The average Bonchev–Trinajstić information content (AvgIpc) is 3.30. The molecule has 0 fully saturated rings. The quantitative estimate of drug-likeness (QED) is 0.374. The first-order valence-electron chi connectivity index (χ1n) is 11.0. The van der Waals surface area contributed by atoms with Gasteiger partial charge in [0.1, 0.15) is 5.82 Å². The number of methoxy groups -OCH3 is 1. The highest BCUT2D eigenvalue weighted by molar-refractivity contribution is 7.92. The van der Waals surface area contributed by atoms with Gasteiger partial charge in [0.25, 0.3) is 0 Å². The molecule has 1 aromatic carbocycles. The van der Waals surface area contributed by atoms with Crippen molar-refractivity contribution in [2.45, 2.75) is 37.6 Å². The molecule has 0 saturated heterocycles. The summed E-state index contributed by atoms with van der Waals surface area (Å²) in [5, 5.41) is 16.0. The summed E-state index contributed by atoms with van der Waals surface area (Å²) in [6.07, 6.45) is 5.07. The molecule has 2 amide bonds. The molecule has 0 saturated carbocycles. The average molecular weight is 514 g/mol. The molecule has 13 heteroatoms. The summed E-state index contributed by atoms with van der Waals surface area (Å²) in [6, 6.07) is 4.82. The third-order valence-corrected chi connectivity index (χ3v) is 7.12. The summed E-state index contributed by atoms with van der Waals surface area (Å²) in [4.78, 5) is 17.2. The predicted octanol–water partition coefficient (Wildman–Crippen LogP) is 4.04. The number of anilines is 1. The molecular weight excluding hydrogens is 489 g/mol. The second-order valence-electron chi connectivity index (χ2n) is 8.16. The summed E-state index contributed by atoms with van der Waals surface area (Å²) < 4.78 is 46.4. The van der Waals surface area contributed by atoms with E-state index < -0.39 is 21.8 Å². The van der Waals surface area contributed by atoms with Gasteiger partial charge in [-0.2, -0.15) is 10.4 Å². The molecule has 1 atom stereocenters. The molecule has 1 aliphatic heterocycles. The zero-order valence-electron chi connectivity index (χ0n) is 19.8. The molecule has 4 rings (SSSR count). The topological polar surface area (TPSA) is 144 Å². The Labute approximate surface area is 207 Å². The van der Waals surface area contributed by atoms with Gasteiger partial charge in [-0.25, -0.2) is 27.8 Å². The van der Waals surface area contributed by atoms with Crippen LogP contribution in [0.1, 0.15) is 31.7 Å². The summed E-state index contributed by atoms with van der Waals surface area (Å²) in [5.41, 5.74) is 1.66. The number of hydrogen-bond donors (Lipinski definition) is 2. The molecule has 0 radical (unpaired) electrons. The van der Waals surface area contributed by atoms with E-state index in [1.807, 2.05) is 13.8 Å². The fourth-order valence-corrected chi connectivity index (χ4v) is 5.06. The Morgan fingerprint density at radius 3 is 2.92 bits per heavy atom. The van der Waals surface area contributed by atoms with Gasteiger partial charge in [0.2, 0.25) is 11.8 Å². The fraction of sp³-hybridized carbons (Fsp3) is 0.304. The van der Waals surface area contributed by atoms with Crippen LogP contribution in [0, 0.1) is 17.3 Å². The van der Waals surface area contributed by atoms with Crippen molar-refractivity contribution in [3.8, 4) is 29.1 Å². The SMILES string of the molecule is COc1cc(-c2cc(F)cc(C(C)C)c2NC(=O)N=[S@](=O)(NC#N)c2cnn3c2OCCC3)ccn1. The third-order valence-electron chi connectivity index (χ3n) is 5.45. The van der Waals surface area contributed by atoms with Crippen molar-refractivity contribution in [1.82, 2.24) is 19.5 Å². The molecule has 0 bridgehead atoms. The molecule has 2 N–H and O–H groups in total. The van der Waals surface area contributed by atoms with Gasteiger partial charge < -0.3 is 14.8 Å². The van der Waals surface area contributed by atoms with Crippen LogP contribution in [-0.4, -0.2) is 38.7 Å². The van der Waals surface area contributed by atoms with E-state index in [2.05, 4.69) is 24.5 Å². The molecule has 2 aromatic heterocycles. The maximum atomic E-state index is 14.6. The van der Waals surface area contributed by atoms with Crippen molar-refractivity contribution >= 4 is 21.6 Å². The van der Waals surface area contributed by atoms with Gasteiger partial charge in [-0.3, -0.25) is 0 Å². The standard InChI is InChI=1S/C23H24FN7O4S/c1-14(2)17-10-16(24)11-18(15-5-6-26-20(9-15)34-3)21(17)29-23(32)30-36(33,28-13-25)19-12-27-31-7-4-8-35-22(19)31/h5-6,9-12,14H,4,7-8H2,1-3H3,(H2,28,29,30,32,33)/t36-/m1/s1. The summed E-state index contributed by atoms with van der Waals surface area (Å²) in [7, 11) is -2.32. The van der Waals surface area contributed by atoms with E-state index in [0.29, 0.717) is 42.1 Å².